The number of hydrogen-bond acceptors (Lipinski definition) is 3. The number of likely N-dealkylation sites (tertiary alicyclic amines) is 1. The monoisotopic (exact) mass is 337 g/mol. The predicted molar refractivity (Wildman–Crippen MR) is 98.0 cm³/mol. The predicted octanol–water partition coefficient (Wildman–Crippen LogP) is 2.36. The average Bonchev–Trinajstić information content (AvgIpc) is 3.02. The van der Waals surface area contributed by atoms with Crippen molar-refractivity contribution in [3.8, 4) is 0 Å². The summed E-state index contributed by atoms with van der Waals surface area (Å²) < 4.78 is 0. The molecule has 2 aromatic rings. The minimum absolute atomic E-state index is 0.0840. The summed E-state index contributed by atoms with van der Waals surface area (Å²) in [5.41, 5.74) is 9.22. The fourth-order valence-corrected chi connectivity index (χ4v) is 2.96. The molecule has 1 aliphatic heterocycles. The number of rotatable bonds is 6. The van der Waals surface area contributed by atoms with E-state index in [0.717, 1.165) is 36.2 Å². The third-order valence-electron chi connectivity index (χ3n) is 4.44. The van der Waals surface area contributed by atoms with Crippen molar-refractivity contribution >= 4 is 17.5 Å². The van der Waals surface area contributed by atoms with E-state index in [1.54, 1.807) is 0 Å². The zero-order chi connectivity index (χ0) is 17.6. The van der Waals surface area contributed by atoms with Crippen molar-refractivity contribution in [2.45, 2.75) is 25.8 Å². The lowest BCUT2D eigenvalue weighted by atomic mass is 10.1. The maximum atomic E-state index is 12.2. The largest absolute Gasteiger partial charge is 0.399 e. The van der Waals surface area contributed by atoms with Crippen LogP contribution in [0.3, 0.4) is 0 Å². The van der Waals surface area contributed by atoms with Crippen molar-refractivity contribution in [3.05, 3.63) is 65.2 Å². The molecule has 0 saturated carbocycles. The van der Waals surface area contributed by atoms with Crippen LogP contribution in [0.4, 0.5) is 5.69 Å². The molecule has 0 spiro atoms. The first kappa shape index (κ1) is 17.0. The number of amides is 2. The van der Waals surface area contributed by atoms with Crippen LogP contribution >= 0.6 is 0 Å². The highest BCUT2D eigenvalue weighted by atomic mass is 16.2. The molecule has 5 heteroatoms. The molecule has 3 N–H and O–H groups in total. The molecule has 0 radical (unpaired) electrons. The molecular formula is C20H23N3O2. The van der Waals surface area contributed by atoms with Crippen molar-refractivity contribution < 1.29 is 9.59 Å². The van der Waals surface area contributed by atoms with Crippen molar-refractivity contribution in [1.82, 2.24) is 10.2 Å². The number of nitrogen functional groups attached to an aromatic ring is 1. The molecule has 5 nitrogen and oxygen atoms in total. The van der Waals surface area contributed by atoms with E-state index in [1.807, 2.05) is 53.4 Å². The summed E-state index contributed by atoms with van der Waals surface area (Å²) in [6.45, 7) is 2.02. The number of hydrogen-bond donors (Lipinski definition) is 2. The maximum absolute atomic E-state index is 12.2. The van der Waals surface area contributed by atoms with Gasteiger partial charge in [0, 0.05) is 37.3 Å². The lowest BCUT2D eigenvalue weighted by molar-refractivity contribution is -0.128. The number of anilines is 1. The normalized spacial score (nSPS) is 13.9. The van der Waals surface area contributed by atoms with Gasteiger partial charge in [0.05, 0.1) is 0 Å². The van der Waals surface area contributed by atoms with Crippen LogP contribution in [0.1, 0.15) is 34.3 Å². The summed E-state index contributed by atoms with van der Waals surface area (Å²) in [5, 5.41) is 2.93. The van der Waals surface area contributed by atoms with E-state index in [-0.39, 0.29) is 11.8 Å². The maximum Gasteiger partial charge on any atom is 0.251 e. The summed E-state index contributed by atoms with van der Waals surface area (Å²) in [4.78, 5) is 25.7. The van der Waals surface area contributed by atoms with Crippen molar-refractivity contribution in [3.63, 3.8) is 0 Å². The molecule has 0 atom stereocenters. The van der Waals surface area contributed by atoms with Gasteiger partial charge in [-0.1, -0.05) is 24.3 Å². The minimum Gasteiger partial charge on any atom is -0.399 e. The van der Waals surface area contributed by atoms with Gasteiger partial charge in [-0.25, -0.2) is 0 Å². The summed E-state index contributed by atoms with van der Waals surface area (Å²) in [6.07, 6.45) is 2.35. The Bertz CT molecular complexity index is 739. The Morgan fingerprint density at radius 2 is 1.72 bits per heavy atom. The van der Waals surface area contributed by atoms with Gasteiger partial charge >= 0.3 is 0 Å². The number of nitrogens with one attached hydrogen (secondary N) is 1. The molecule has 1 saturated heterocycles. The third-order valence-corrected chi connectivity index (χ3v) is 4.44. The molecule has 2 amide bonds. The lowest BCUT2D eigenvalue weighted by Crippen LogP contribution is -2.26. The molecule has 2 aromatic carbocycles. The standard InChI is InChI=1S/C20H23N3O2/c21-18-9-5-15(6-10-18)11-12-22-20(25)17-7-3-16(4-8-17)14-23-13-1-2-19(23)24/h3-10H,1-2,11-14,21H2,(H,22,25). The molecule has 1 fully saturated rings. The Hall–Kier alpha value is -2.82. The number of carbonyl (C=O) groups is 2. The van der Waals surface area contributed by atoms with Crippen LogP contribution in [0.15, 0.2) is 48.5 Å². The van der Waals surface area contributed by atoms with Gasteiger partial charge in [0.1, 0.15) is 0 Å². The molecule has 130 valence electrons. The smallest absolute Gasteiger partial charge is 0.251 e. The van der Waals surface area contributed by atoms with Gasteiger partial charge in [0.15, 0.2) is 0 Å². The second-order valence-corrected chi connectivity index (χ2v) is 6.36. The quantitative estimate of drug-likeness (QED) is 0.795. The van der Waals surface area contributed by atoms with Crippen LogP contribution in [-0.4, -0.2) is 29.8 Å². The first-order valence-corrected chi connectivity index (χ1v) is 8.61. The molecule has 0 unspecified atom stereocenters. The van der Waals surface area contributed by atoms with E-state index < -0.39 is 0 Å². The second-order valence-electron chi connectivity index (χ2n) is 6.36. The lowest BCUT2D eigenvalue weighted by Gasteiger charge is -2.15. The average molecular weight is 337 g/mol. The third kappa shape index (κ3) is 4.59. The van der Waals surface area contributed by atoms with Crippen LogP contribution in [0.25, 0.3) is 0 Å². The molecule has 25 heavy (non-hydrogen) atoms. The number of nitrogens with two attached hydrogens (primary N) is 1. The fraction of sp³-hybridized carbons (Fsp3) is 0.300. The van der Waals surface area contributed by atoms with Crippen LogP contribution in [0.5, 0.6) is 0 Å². The van der Waals surface area contributed by atoms with Crippen LogP contribution in [-0.2, 0) is 17.8 Å². The topological polar surface area (TPSA) is 75.4 Å². The van der Waals surface area contributed by atoms with Crippen molar-refractivity contribution in [2.75, 3.05) is 18.8 Å². The fourth-order valence-electron chi connectivity index (χ4n) is 2.96. The number of carbonyl (C=O) groups excluding carboxylic acids is 2. The Kier molecular flexibility index (Phi) is 5.33. The summed E-state index contributed by atoms with van der Waals surface area (Å²) >= 11 is 0. The van der Waals surface area contributed by atoms with Crippen molar-refractivity contribution in [1.29, 1.82) is 0 Å². The van der Waals surface area contributed by atoms with Crippen LogP contribution in [0.2, 0.25) is 0 Å². The minimum atomic E-state index is -0.0840. The summed E-state index contributed by atoms with van der Waals surface area (Å²) in [7, 11) is 0. The van der Waals surface area contributed by atoms with E-state index in [4.69, 9.17) is 5.73 Å². The highest BCUT2D eigenvalue weighted by Gasteiger charge is 2.19. The SMILES string of the molecule is Nc1ccc(CCNC(=O)c2ccc(CN3CCCC3=O)cc2)cc1. The van der Waals surface area contributed by atoms with E-state index >= 15 is 0 Å². The first-order chi connectivity index (χ1) is 12.1. The van der Waals surface area contributed by atoms with Gasteiger partial charge in [-0.15, -0.1) is 0 Å². The molecule has 1 aliphatic rings. The van der Waals surface area contributed by atoms with Gasteiger partial charge in [-0.3, -0.25) is 9.59 Å². The Balaban J connectivity index is 1.48. The van der Waals surface area contributed by atoms with Crippen LogP contribution in [0, 0.1) is 0 Å². The highest BCUT2D eigenvalue weighted by molar-refractivity contribution is 5.94. The van der Waals surface area contributed by atoms with Crippen LogP contribution < -0.4 is 11.1 Å². The van der Waals surface area contributed by atoms with E-state index in [9.17, 15) is 9.59 Å². The summed E-state index contributed by atoms with van der Waals surface area (Å²) in [5.74, 6) is 0.128. The van der Waals surface area contributed by atoms with Crippen molar-refractivity contribution in [2.24, 2.45) is 0 Å². The van der Waals surface area contributed by atoms with E-state index in [1.165, 1.54) is 0 Å². The molecule has 0 bridgehead atoms. The molecular weight excluding hydrogens is 314 g/mol. The van der Waals surface area contributed by atoms with E-state index in [2.05, 4.69) is 5.32 Å². The zero-order valence-electron chi connectivity index (χ0n) is 14.2. The zero-order valence-corrected chi connectivity index (χ0v) is 14.2. The Morgan fingerprint density at radius 3 is 2.36 bits per heavy atom. The summed E-state index contributed by atoms with van der Waals surface area (Å²) in [6, 6.07) is 15.1. The Morgan fingerprint density at radius 1 is 1.04 bits per heavy atom. The molecule has 3 rings (SSSR count). The number of benzene rings is 2. The Labute approximate surface area is 147 Å². The van der Waals surface area contributed by atoms with E-state index in [0.29, 0.717) is 25.1 Å². The van der Waals surface area contributed by atoms with Gasteiger partial charge in [0.25, 0.3) is 5.91 Å². The van der Waals surface area contributed by atoms with Gasteiger partial charge in [-0.2, -0.15) is 0 Å². The molecule has 0 aromatic heterocycles. The first-order valence-electron chi connectivity index (χ1n) is 8.61. The highest BCUT2D eigenvalue weighted by Crippen LogP contribution is 2.14. The second kappa shape index (κ2) is 7.83. The molecule has 0 aliphatic carbocycles. The molecule has 1 heterocycles. The van der Waals surface area contributed by atoms with Gasteiger partial charge in [-0.05, 0) is 48.2 Å². The van der Waals surface area contributed by atoms with Gasteiger partial charge in [0.2, 0.25) is 5.91 Å². The number of nitrogens with zero attached hydrogens (tertiary/aromatic N) is 1. The van der Waals surface area contributed by atoms with Gasteiger partial charge < -0.3 is 16.0 Å².